The van der Waals surface area contributed by atoms with E-state index in [9.17, 15) is 9.59 Å². The van der Waals surface area contributed by atoms with E-state index < -0.39 is 5.97 Å². The Morgan fingerprint density at radius 1 is 1.00 bits per heavy atom. The van der Waals surface area contributed by atoms with Crippen LogP contribution in [0.4, 0.5) is 0 Å². The molecule has 2 atom stereocenters. The van der Waals surface area contributed by atoms with Gasteiger partial charge in [-0.2, -0.15) is 0 Å². The summed E-state index contributed by atoms with van der Waals surface area (Å²) in [7, 11) is 0. The molecule has 0 saturated heterocycles. The molecule has 1 rings (SSSR count). The minimum atomic E-state index is -1.03. The monoisotopic (exact) mass is 253 g/mol. The third-order valence-electron chi connectivity index (χ3n) is 3.74. The first-order valence-corrected chi connectivity index (χ1v) is 6.52. The lowest BCUT2D eigenvalue weighted by atomic mass is 9.80. The van der Waals surface area contributed by atoms with Crippen LogP contribution in [0, 0.1) is 11.8 Å². The summed E-state index contributed by atoms with van der Waals surface area (Å²) in [5.74, 6) is -0.0537. The van der Waals surface area contributed by atoms with Gasteiger partial charge in [0, 0.05) is 17.2 Å². The molecule has 1 fully saturated rings. The molecule has 4 heteroatoms. The highest BCUT2D eigenvalue weighted by atomic mass is 16.4. The van der Waals surface area contributed by atoms with Gasteiger partial charge in [-0.25, -0.2) is 4.79 Å². The first-order chi connectivity index (χ1) is 8.31. The molecule has 2 N–H and O–H groups in total. The van der Waals surface area contributed by atoms with E-state index in [1.807, 2.05) is 0 Å². The standard InChI is InChI=1S/C14H23NO3/c1-8-5-9(2)7-12(6-8)15-13(16)10(3)11(4)14(17)18/h8-9,12H,5-7H2,1-4H3,(H,15,16)(H,17,18). The van der Waals surface area contributed by atoms with Gasteiger partial charge in [0.25, 0.3) is 0 Å². The van der Waals surface area contributed by atoms with E-state index in [0.717, 1.165) is 12.8 Å². The lowest BCUT2D eigenvalue weighted by molar-refractivity contribution is -0.133. The fourth-order valence-corrected chi connectivity index (χ4v) is 2.69. The van der Waals surface area contributed by atoms with Gasteiger partial charge in [-0.1, -0.05) is 13.8 Å². The van der Waals surface area contributed by atoms with Gasteiger partial charge in [-0.15, -0.1) is 0 Å². The van der Waals surface area contributed by atoms with Gasteiger partial charge in [0.1, 0.15) is 0 Å². The molecule has 0 aliphatic heterocycles. The Morgan fingerprint density at radius 3 is 1.94 bits per heavy atom. The Kier molecular flexibility index (Phi) is 4.93. The second-order valence-electron chi connectivity index (χ2n) is 5.64. The predicted molar refractivity (Wildman–Crippen MR) is 70.1 cm³/mol. The van der Waals surface area contributed by atoms with E-state index >= 15 is 0 Å². The van der Waals surface area contributed by atoms with Crippen molar-refractivity contribution < 1.29 is 14.7 Å². The molecule has 1 aliphatic rings. The van der Waals surface area contributed by atoms with Crippen LogP contribution in [-0.4, -0.2) is 23.0 Å². The number of hydrogen-bond acceptors (Lipinski definition) is 2. The lowest BCUT2D eigenvalue weighted by Crippen LogP contribution is -2.40. The van der Waals surface area contributed by atoms with Crippen molar-refractivity contribution in [3.63, 3.8) is 0 Å². The Balaban J connectivity index is 2.65. The molecule has 0 spiro atoms. The maximum Gasteiger partial charge on any atom is 0.331 e. The number of hydrogen-bond donors (Lipinski definition) is 2. The van der Waals surface area contributed by atoms with Crippen LogP contribution in [0.1, 0.15) is 47.0 Å². The van der Waals surface area contributed by atoms with Crippen LogP contribution < -0.4 is 5.32 Å². The second-order valence-corrected chi connectivity index (χ2v) is 5.64. The topological polar surface area (TPSA) is 66.4 Å². The van der Waals surface area contributed by atoms with Gasteiger partial charge in [0.05, 0.1) is 0 Å². The summed E-state index contributed by atoms with van der Waals surface area (Å²) in [4.78, 5) is 22.7. The van der Waals surface area contributed by atoms with Gasteiger partial charge >= 0.3 is 5.97 Å². The molecular formula is C14H23NO3. The number of carboxylic acid groups (broad SMARTS) is 1. The predicted octanol–water partition coefficient (Wildman–Crippen LogP) is 2.35. The van der Waals surface area contributed by atoms with Crippen LogP contribution in [0.25, 0.3) is 0 Å². The van der Waals surface area contributed by atoms with Crippen molar-refractivity contribution >= 4 is 11.9 Å². The largest absolute Gasteiger partial charge is 0.478 e. The smallest absolute Gasteiger partial charge is 0.331 e. The quantitative estimate of drug-likeness (QED) is 0.759. The minimum absolute atomic E-state index is 0.115. The van der Waals surface area contributed by atoms with E-state index in [1.54, 1.807) is 6.92 Å². The number of carbonyl (C=O) groups is 2. The summed E-state index contributed by atoms with van der Waals surface area (Å²) < 4.78 is 0. The average Bonchev–Trinajstić information content (AvgIpc) is 2.25. The number of rotatable bonds is 3. The van der Waals surface area contributed by atoms with E-state index in [-0.39, 0.29) is 17.5 Å². The van der Waals surface area contributed by atoms with Crippen molar-refractivity contribution in [2.45, 2.75) is 53.0 Å². The van der Waals surface area contributed by atoms with Gasteiger partial charge in [-0.05, 0) is 44.9 Å². The van der Waals surface area contributed by atoms with Crippen LogP contribution in [0.3, 0.4) is 0 Å². The fraction of sp³-hybridized carbons (Fsp3) is 0.714. The first kappa shape index (κ1) is 14.7. The van der Waals surface area contributed by atoms with Crippen molar-refractivity contribution in [1.82, 2.24) is 5.32 Å². The Morgan fingerprint density at radius 2 is 1.50 bits per heavy atom. The molecule has 2 unspecified atom stereocenters. The summed E-state index contributed by atoms with van der Waals surface area (Å²) in [6.07, 6.45) is 3.17. The summed E-state index contributed by atoms with van der Waals surface area (Å²) in [6, 6.07) is 0.174. The van der Waals surface area contributed by atoms with Crippen LogP contribution in [-0.2, 0) is 9.59 Å². The summed E-state index contributed by atoms with van der Waals surface area (Å²) in [5.41, 5.74) is 0.415. The molecule has 1 saturated carbocycles. The van der Waals surface area contributed by atoms with Gasteiger partial charge in [0.2, 0.25) is 5.91 Å². The molecule has 0 heterocycles. The molecular weight excluding hydrogens is 230 g/mol. The minimum Gasteiger partial charge on any atom is -0.478 e. The molecule has 102 valence electrons. The number of carboxylic acids is 1. The van der Waals surface area contributed by atoms with Crippen molar-refractivity contribution in [2.24, 2.45) is 11.8 Å². The average molecular weight is 253 g/mol. The molecule has 0 aromatic rings. The Bertz CT molecular complexity index is 363. The van der Waals surface area contributed by atoms with Crippen molar-refractivity contribution in [1.29, 1.82) is 0 Å². The summed E-state index contributed by atoms with van der Waals surface area (Å²) >= 11 is 0. The Labute approximate surface area is 108 Å². The van der Waals surface area contributed by atoms with Crippen molar-refractivity contribution in [3.05, 3.63) is 11.1 Å². The zero-order valence-electron chi connectivity index (χ0n) is 11.6. The van der Waals surface area contributed by atoms with E-state index in [1.165, 1.54) is 13.3 Å². The second kappa shape index (κ2) is 6.03. The van der Waals surface area contributed by atoms with Crippen LogP contribution in [0.2, 0.25) is 0 Å². The fourth-order valence-electron chi connectivity index (χ4n) is 2.69. The van der Waals surface area contributed by atoms with E-state index in [0.29, 0.717) is 17.4 Å². The zero-order valence-corrected chi connectivity index (χ0v) is 11.6. The normalized spacial score (nSPS) is 29.4. The van der Waals surface area contributed by atoms with Crippen LogP contribution >= 0.6 is 0 Å². The highest BCUT2D eigenvalue weighted by Gasteiger charge is 2.25. The number of amides is 1. The maximum absolute atomic E-state index is 11.9. The number of aliphatic carboxylic acids is 1. The highest BCUT2D eigenvalue weighted by Crippen LogP contribution is 2.28. The third kappa shape index (κ3) is 3.86. The SMILES string of the molecule is CC(C(=O)O)=C(C)C(=O)NC1CC(C)CC(C)C1. The van der Waals surface area contributed by atoms with Crippen molar-refractivity contribution in [3.8, 4) is 0 Å². The first-order valence-electron chi connectivity index (χ1n) is 6.52. The maximum atomic E-state index is 11.9. The van der Waals surface area contributed by atoms with Crippen LogP contribution in [0.15, 0.2) is 11.1 Å². The number of nitrogens with one attached hydrogen (secondary N) is 1. The molecule has 18 heavy (non-hydrogen) atoms. The number of carbonyl (C=O) groups excluding carboxylic acids is 1. The van der Waals surface area contributed by atoms with Crippen molar-refractivity contribution in [2.75, 3.05) is 0 Å². The van der Waals surface area contributed by atoms with E-state index in [4.69, 9.17) is 5.11 Å². The van der Waals surface area contributed by atoms with Crippen LogP contribution in [0.5, 0.6) is 0 Å². The molecule has 0 radical (unpaired) electrons. The zero-order chi connectivity index (χ0) is 13.9. The van der Waals surface area contributed by atoms with Gasteiger partial charge in [-0.3, -0.25) is 4.79 Å². The van der Waals surface area contributed by atoms with Gasteiger partial charge < -0.3 is 10.4 Å². The van der Waals surface area contributed by atoms with E-state index in [2.05, 4.69) is 19.2 Å². The molecule has 1 amide bonds. The molecule has 1 aliphatic carbocycles. The molecule has 0 aromatic carbocycles. The Hall–Kier alpha value is -1.32. The third-order valence-corrected chi connectivity index (χ3v) is 3.74. The summed E-state index contributed by atoms with van der Waals surface area (Å²) in [6.45, 7) is 7.41. The highest BCUT2D eigenvalue weighted by molar-refractivity contribution is 6.01. The molecule has 4 nitrogen and oxygen atoms in total. The van der Waals surface area contributed by atoms with Gasteiger partial charge in [0.15, 0.2) is 0 Å². The summed E-state index contributed by atoms with van der Waals surface area (Å²) in [5, 5.41) is 11.8. The lowest BCUT2D eigenvalue weighted by Gasteiger charge is -2.32. The molecule has 0 aromatic heterocycles. The molecule has 0 bridgehead atoms.